The fourth-order valence-electron chi connectivity index (χ4n) is 1.75. The predicted molar refractivity (Wildman–Crippen MR) is 66.6 cm³/mol. The van der Waals surface area contributed by atoms with Crippen LogP contribution >= 0.6 is 0 Å². The molecule has 0 amide bonds. The number of hydrogen-bond acceptors (Lipinski definition) is 2. The average molecular weight is 224 g/mol. The molecule has 0 bridgehead atoms. The molecule has 0 spiro atoms. The molecule has 0 saturated heterocycles. The summed E-state index contributed by atoms with van der Waals surface area (Å²) in [5.74, 6) is 0.388. The van der Waals surface area contributed by atoms with E-state index in [1.165, 1.54) is 6.07 Å². The third-order valence-electron chi connectivity index (χ3n) is 2.54. The van der Waals surface area contributed by atoms with Gasteiger partial charge in [0.15, 0.2) is 0 Å². The van der Waals surface area contributed by atoms with Crippen molar-refractivity contribution >= 4 is 5.69 Å². The molecule has 1 aromatic rings. The standard InChI is InChI=1S/C13H21FN2/c1-4-16(8-10(2)3)9-11-5-6-12(15)7-13(11)14/h5-7,10H,4,8-9,15H2,1-3H3. The van der Waals surface area contributed by atoms with Crippen molar-refractivity contribution in [1.82, 2.24) is 4.90 Å². The minimum atomic E-state index is -0.206. The molecular formula is C13H21FN2. The molecule has 0 unspecified atom stereocenters. The van der Waals surface area contributed by atoms with E-state index in [-0.39, 0.29) is 5.82 Å². The molecule has 0 atom stereocenters. The lowest BCUT2D eigenvalue weighted by Gasteiger charge is -2.22. The Kier molecular flexibility index (Phi) is 4.74. The molecule has 3 heteroatoms. The van der Waals surface area contributed by atoms with Crippen molar-refractivity contribution in [3.63, 3.8) is 0 Å². The van der Waals surface area contributed by atoms with E-state index >= 15 is 0 Å². The molecule has 90 valence electrons. The van der Waals surface area contributed by atoms with Gasteiger partial charge in [0, 0.05) is 24.3 Å². The Bertz CT molecular complexity index is 337. The first-order chi connectivity index (χ1) is 7.52. The van der Waals surface area contributed by atoms with Crippen LogP contribution in [0, 0.1) is 11.7 Å². The van der Waals surface area contributed by atoms with Gasteiger partial charge in [-0.05, 0) is 24.6 Å². The van der Waals surface area contributed by atoms with Crippen LogP contribution in [0.15, 0.2) is 18.2 Å². The number of halogens is 1. The van der Waals surface area contributed by atoms with E-state index in [0.717, 1.165) is 18.7 Å². The van der Waals surface area contributed by atoms with Crippen LogP contribution in [0.5, 0.6) is 0 Å². The minimum Gasteiger partial charge on any atom is -0.399 e. The van der Waals surface area contributed by atoms with Crippen molar-refractivity contribution in [1.29, 1.82) is 0 Å². The van der Waals surface area contributed by atoms with Gasteiger partial charge in [-0.15, -0.1) is 0 Å². The molecule has 0 saturated carbocycles. The number of nitrogens with zero attached hydrogens (tertiary/aromatic N) is 1. The smallest absolute Gasteiger partial charge is 0.129 e. The lowest BCUT2D eigenvalue weighted by molar-refractivity contribution is 0.245. The van der Waals surface area contributed by atoms with Crippen molar-refractivity contribution in [2.45, 2.75) is 27.3 Å². The van der Waals surface area contributed by atoms with Crippen molar-refractivity contribution in [2.75, 3.05) is 18.8 Å². The van der Waals surface area contributed by atoms with Gasteiger partial charge >= 0.3 is 0 Å². The zero-order valence-corrected chi connectivity index (χ0v) is 10.3. The minimum absolute atomic E-state index is 0.206. The number of rotatable bonds is 5. The zero-order valence-electron chi connectivity index (χ0n) is 10.3. The first-order valence-corrected chi connectivity index (χ1v) is 5.79. The van der Waals surface area contributed by atoms with Gasteiger partial charge < -0.3 is 5.73 Å². The second-order valence-electron chi connectivity index (χ2n) is 4.57. The van der Waals surface area contributed by atoms with Crippen molar-refractivity contribution in [3.05, 3.63) is 29.6 Å². The van der Waals surface area contributed by atoms with Gasteiger partial charge in [0.05, 0.1) is 0 Å². The van der Waals surface area contributed by atoms with Gasteiger partial charge in [-0.25, -0.2) is 4.39 Å². The van der Waals surface area contributed by atoms with Gasteiger partial charge in [-0.2, -0.15) is 0 Å². The number of benzene rings is 1. The predicted octanol–water partition coefficient (Wildman–Crippen LogP) is 2.89. The van der Waals surface area contributed by atoms with Crippen molar-refractivity contribution in [3.8, 4) is 0 Å². The highest BCUT2D eigenvalue weighted by Gasteiger charge is 2.09. The monoisotopic (exact) mass is 224 g/mol. The van der Waals surface area contributed by atoms with Crippen LogP contribution in [0.4, 0.5) is 10.1 Å². The topological polar surface area (TPSA) is 29.3 Å². The number of nitrogens with two attached hydrogens (primary N) is 1. The van der Waals surface area contributed by atoms with E-state index in [1.807, 2.05) is 0 Å². The quantitative estimate of drug-likeness (QED) is 0.779. The second-order valence-corrected chi connectivity index (χ2v) is 4.57. The highest BCUT2D eigenvalue weighted by atomic mass is 19.1. The summed E-state index contributed by atoms with van der Waals surface area (Å²) >= 11 is 0. The SMILES string of the molecule is CCN(Cc1ccc(N)cc1F)CC(C)C. The Balaban J connectivity index is 2.70. The molecule has 0 aliphatic carbocycles. The van der Waals surface area contributed by atoms with Crippen LogP contribution in [-0.2, 0) is 6.54 Å². The third-order valence-corrected chi connectivity index (χ3v) is 2.54. The molecule has 0 fully saturated rings. The molecule has 1 rings (SSSR count). The summed E-state index contributed by atoms with van der Waals surface area (Å²) in [6.45, 7) is 9.00. The van der Waals surface area contributed by atoms with E-state index < -0.39 is 0 Å². The van der Waals surface area contributed by atoms with Crippen LogP contribution in [0.25, 0.3) is 0 Å². The maximum Gasteiger partial charge on any atom is 0.129 e. The van der Waals surface area contributed by atoms with Crippen LogP contribution < -0.4 is 5.73 Å². The number of hydrogen-bond donors (Lipinski definition) is 1. The number of nitrogen functional groups attached to an aromatic ring is 1. The van der Waals surface area contributed by atoms with E-state index in [0.29, 0.717) is 18.2 Å². The fourth-order valence-corrected chi connectivity index (χ4v) is 1.75. The first-order valence-electron chi connectivity index (χ1n) is 5.79. The molecule has 0 heterocycles. The fraction of sp³-hybridized carbons (Fsp3) is 0.538. The van der Waals surface area contributed by atoms with Crippen LogP contribution in [-0.4, -0.2) is 18.0 Å². The van der Waals surface area contributed by atoms with Gasteiger partial charge in [0.2, 0.25) is 0 Å². The summed E-state index contributed by atoms with van der Waals surface area (Å²) in [6.07, 6.45) is 0. The van der Waals surface area contributed by atoms with E-state index in [9.17, 15) is 4.39 Å². The van der Waals surface area contributed by atoms with Crippen molar-refractivity contribution in [2.24, 2.45) is 5.92 Å². The van der Waals surface area contributed by atoms with Gasteiger partial charge in [-0.3, -0.25) is 4.90 Å². The van der Waals surface area contributed by atoms with Crippen LogP contribution in [0.2, 0.25) is 0 Å². The Morgan fingerprint density at radius 2 is 2.06 bits per heavy atom. The van der Waals surface area contributed by atoms with Crippen LogP contribution in [0.3, 0.4) is 0 Å². The molecule has 0 radical (unpaired) electrons. The maximum atomic E-state index is 13.6. The lowest BCUT2D eigenvalue weighted by Crippen LogP contribution is -2.27. The Morgan fingerprint density at radius 3 is 2.56 bits per heavy atom. The maximum absolute atomic E-state index is 13.6. The lowest BCUT2D eigenvalue weighted by atomic mass is 10.1. The van der Waals surface area contributed by atoms with E-state index in [4.69, 9.17) is 5.73 Å². The molecule has 2 nitrogen and oxygen atoms in total. The van der Waals surface area contributed by atoms with Crippen LogP contribution in [0.1, 0.15) is 26.3 Å². The average Bonchev–Trinajstić information content (AvgIpc) is 2.20. The summed E-state index contributed by atoms with van der Waals surface area (Å²) in [6, 6.07) is 4.91. The summed E-state index contributed by atoms with van der Waals surface area (Å²) in [5.41, 5.74) is 6.72. The normalized spacial score (nSPS) is 11.4. The largest absolute Gasteiger partial charge is 0.399 e. The van der Waals surface area contributed by atoms with E-state index in [2.05, 4.69) is 25.7 Å². The Labute approximate surface area is 97.3 Å². The molecule has 16 heavy (non-hydrogen) atoms. The summed E-state index contributed by atoms with van der Waals surface area (Å²) in [5, 5.41) is 0. The second kappa shape index (κ2) is 5.85. The van der Waals surface area contributed by atoms with Gasteiger partial charge in [-0.1, -0.05) is 26.8 Å². The summed E-state index contributed by atoms with van der Waals surface area (Å²) < 4.78 is 13.6. The summed E-state index contributed by atoms with van der Waals surface area (Å²) in [4.78, 5) is 2.24. The number of anilines is 1. The van der Waals surface area contributed by atoms with Crippen molar-refractivity contribution < 1.29 is 4.39 Å². The highest BCUT2D eigenvalue weighted by molar-refractivity contribution is 5.40. The molecule has 0 aliphatic heterocycles. The van der Waals surface area contributed by atoms with Gasteiger partial charge in [0.25, 0.3) is 0 Å². The molecule has 0 aromatic heterocycles. The molecular weight excluding hydrogens is 203 g/mol. The first kappa shape index (κ1) is 13.0. The zero-order chi connectivity index (χ0) is 12.1. The molecule has 0 aliphatic rings. The van der Waals surface area contributed by atoms with Gasteiger partial charge in [0.1, 0.15) is 5.82 Å². The third kappa shape index (κ3) is 3.81. The Hall–Kier alpha value is -1.09. The Morgan fingerprint density at radius 1 is 1.38 bits per heavy atom. The van der Waals surface area contributed by atoms with E-state index in [1.54, 1.807) is 12.1 Å². The molecule has 1 aromatic carbocycles. The summed E-state index contributed by atoms with van der Waals surface area (Å²) in [7, 11) is 0. The highest BCUT2D eigenvalue weighted by Crippen LogP contribution is 2.14. The molecule has 2 N–H and O–H groups in total.